The Morgan fingerprint density at radius 1 is 1.36 bits per heavy atom. The topological polar surface area (TPSA) is 58.6 Å². The summed E-state index contributed by atoms with van der Waals surface area (Å²) < 4.78 is 29.8. The number of sulfonamides is 1. The fraction of sp³-hybridized carbons (Fsp3) is 0.625. The van der Waals surface area contributed by atoms with E-state index in [1.807, 2.05) is 12.1 Å². The average Bonchev–Trinajstić information content (AvgIpc) is 2.47. The van der Waals surface area contributed by atoms with E-state index >= 15 is 0 Å². The van der Waals surface area contributed by atoms with Gasteiger partial charge in [-0.1, -0.05) is 12.1 Å². The van der Waals surface area contributed by atoms with E-state index in [1.54, 1.807) is 11.4 Å². The maximum atomic E-state index is 11.5. The summed E-state index contributed by atoms with van der Waals surface area (Å²) in [6.45, 7) is 3.40. The maximum absolute atomic E-state index is 11.5. The molecular formula is C16H26N2O3S. The molecule has 1 aliphatic heterocycles. The lowest BCUT2D eigenvalue weighted by molar-refractivity contribution is 0.277. The van der Waals surface area contributed by atoms with Gasteiger partial charge in [0, 0.05) is 25.2 Å². The highest BCUT2D eigenvalue weighted by Gasteiger charge is 2.25. The van der Waals surface area contributed by atoms with E-state index < -0.39 is 10.0 Å². The van der Waals surface area contributed by atoms with E-state index in [9.17, 15) is 8.42 Å². The first kappa shape index (κ1) is 17.2. The van der Waals surface area contributed by atoms with Crippen LogP contribution in [0.4, 0.5) is 0 Å². The van der Waals surface area contributed by atoms with Crippen LogP contribution < -0.4 is 10.1 Å². The summed E-state index contributed by atoms with van der Waals surface area (Å²) in [4.78, 5) is 0. The first-order valence-corrected chi connectivity index (χ1v) is 9.57. The molecule has 1 saturated heterocycles. The predicted molar refractivity (Wildman–Crippen MR) is 88.7 cm³/mol. The molecule has 1 aliphatic rings. The van der Waals surface area contributed by atoms with Crippen molar-refractivity contribution in [1.82, 2.24) is 9.62 Å². The first-order chi connectivity index (χ1) is 10.4. The molecule has 0 spiro atoms. The molecule has 2 rings (SSSR count). The Kier molecular flexibility index (Phi) is 5.83. The van der Waals surface area contributed by atoms with Crippen LogP contribution in [-0.4, -0.2) is 51.3 Å². The van der Waals surface area contributed by atoms with Gasteiger partial charge < -0.3 is 10.1 Å². The second-order valence-electron chi connectivity index (χ2n) is 6.06. The van der Waals surface area contributed by atoms with Crippen LogP contribution in [0.3, 0.4) is 0 Å². The second-order valence-corrected chi connectivity index (χ2v) is 8.04. The number of hydrogen-bond donors (Lipinski definition) is 1. The fourth-order valence-corrected chi connectivity index (χ4v) is 3.84. The molecule has 1 heterocycles. The van der Waals surface area contributed by atoms with Gasteiger partial charge in [0.1, 0.15) is 5.75 Å². The van der Waals surface area contributed by atoms with Gasteiger partial charge in [0.25, 0.3) is 0 Å². The molecule has 0 amide bonds. The number of methoxy groups -OCH3 is 1. The van der Waals surface area contributed by atoms with Gasteiger partial charge in [-0.3, -0.25) is 0 Å². The van der Waals surface area contributed by atoms with Crippen LogP contribution in [0.1, 0.15) is 25.3 Å². The minimum atomic E-state index is -3.04. The zero-order valence-electron chi connectivity index (χ0n) is 13.6. The fourth-order valence-electron chi connectivity index (χ4n) is 2.97. The molecule has 1 aromatic rings. The van der Waals surface area contributed by atoms with Crippen LogP contribution in [0.2, 0.25) is 0 Å². The highest BCUT2D eigenvalue weighted by atomic mass is 32.2. The predicted octanol–water partition coefficient (Wildman–Crippen LogP) is 1.64. The van der Waals surface area contributed by atoms with Crippen LogP contribution in [0, 0.1) is 0 Å². The van der Waals surface area contributed by atoms with Crippen molar-refractivity contribution in [1.29, 1.82) is 0 Å². The zero-order valence-corrected chi connectivity index (χ0v) is 14.4. The van der Waals surface area contributed by atoms with Crippen LogP contribution in [0.5, 0.6) is 5.75 Å². The summed E-state index contributed by atoms with van der Waals surface area (Å²) in [6, 6.07) is 8.85. The van der Waals surface area contributed by atoms with Crippen LogP contribution >= 0.6 is 0 Å². The average molecular weight is 326 g/mol. The van der Waals surface area contributed by atoms with Gasteiger partial charge in [0.2, 0.25) is 10.0 Å². The number of nitrogens with zero attached hydrogens (tertiary/aromatic N) is 1. The highest BCUT2D eigenvalue weighted by molar-refractivity contribution is 7.88. The normalized spacial score (nSPS) is 19.0. The Morgan fingerprint density at radius 3 is 2.64 bits per heavy atom. The Morgan fingerprint density at radius 2 is 2.05 bits per heavy atom. The van der Waals surface area contributed by atoms with Gasteiger partial charge in [-0.05, 0) is 43.9 Å². The summed E-state index contributed by atoms with van der Waals surface area (Å²) >= 11 is 0. The molecule has 1 N–H and O–H groups in total. The van der Waals surface area contributed by atoms with Crippen molar-refractivity contribution in [2.24, 2.45) is 0 Å². The number of ether oxygens (including phenoxy) is 1. The van der Waals surface area contributed by atoms with E-state index in [-0.39, 0.29) is 0 Å². The van der Waals surface area contributed by atoms with Gasteiger partial charge in [-0.15, -0.1) is 0 Å². The smallest absolute Gasteiger partial charge is 0.211 e. The first-order valence-electron chi connectivity index (χ1n) is 7.72. The van der Waals surface area contributed by atoms with E-state index in [2.05, 4.69) is 24.4 Å². The summed E-state index contributed by atoms with van der Waals surface area (Å²) in [5.41, 5.74) is 1.24. The molecule has 124 valence electrons. The molecular weight excluding hydrogens is 300 g/mol. The number of benzene rings is 1. The molecule has 6 heteroatoms. The lowest BCUT2D eigenvalue weighted by atomic mass is 10.0. The van der Waals surface area contributed by atoms with Gasteiger partial charge in [-0.2, -0.15) is 0 Å². The van der Waals surface area contributed by atoms with Gasteiger partial charge in [-0.25, -0.2) is 12.7 Å². The molecule has 1 fully saturated rings. The Bertz CT molecular complexity index is 581. The quantitative estimate of drug-likeness (QED) is 0.863. The standard InChI is InChI=1S/C16H26N2O3S/c1-13(11-14-5-4-6-16(12-14)21-2)17-15-7-9-18(10-8-15)22(3,19)20/h4-6,12-13,15,17H,7-11H2,1-3H3. The Balaban J connectivity index is 1.82. The lowest BCUT2D eigenvalue weighted by Gasteiger charge is -2.32. The zero-order chi connectivity index (χ0) is 16.2. The molecule has 1 unspecified atom stereocenters. The third kappa shape index (κ3) is 4.97. The third-order valence-electron chi connectivity index (χ3n) is 4.12. The second kappa shape index (κ2) is 7.44. The molecule has 0 radical (unpaired) electrons. The molecule has 5 nitrogen and oxygen atoms in total. The number of nitrogens with one attached hydrogen (secondary N) is 1. The van der Waals surface area contributed by atoms with Gasteiger partial charge in [0.05, 0.1) is 13.4 Å². The minimum absolute atomic E-state index is 0.349. The summed E-state index contributed by atoms with van der Waals surface area (Å²) in [6.07, 6.45) is 3.96. The maximum Gasteiger partial charge on any atom is 0.211 e. The van der Waals surface area contributed by atoms with Crippen molar-refractivity contribution in [3.8, 4) is 5.75 Å². The Labute approximate surface area is 133 Å². The van der Waals surface area contributed by atoms with Gasteiger partial charge >= 0.3 is 0 Å². The van der Waals surface area contributed by atoms with Crippen molar-refractivity contribution in [3.05, 3.63) is 29.8 Å². The van der Waals surface area contributed by atoms with Crippen LogP contribution in [-0.2, 0) is 16.4 Å². The molecule has 1 aromatic carbocycles. The SMILES string of the molecule is COc1cccc(CC(C)NC2CCN(S(C)(=O)=O)CC2)c1. The van der Waals surface area contributed by atoms with Crippen LogP contribution in [0.25, 0.3) is 0 Å². The number of rotatable bonds is 6. The molecule has 0 aliphatic carbocycles. The molecule has 0 saturated carbocycles. The molecule has 1 atom stereocenters. The van der Waals surface area contributed by atoms with Gasteiger partial charge in [0.15, 0.2) is 0 Å². The summed E-state index contributed by atoms with van der Waals surface area (Å²) in [7, 11) is -1.37. The van der Waals surface area contributed by atoms with E-state index in [0.29, 0.717) is 25.2 Å². The third-order valence-corrected chi connectivity index (χ3v) is 5.42. The Hall–Kier alpha value is -1.11. The van der Waals surface area contributed by atoms with Crippen LogP contribution in [0.15, 0.2) is 24.3 Å². The summed E-state index contributed by atoms with van der Waals surface area (Å²) in [5.74, 6) is 0.881. The van der Waals surface area contributed by atoms with E-state index in [0.717, 1.165) is 25.0 Å². The minimum Gasteiger partial charge on any atom is -0.497 e. The van der Waals surface area contributed by atoms with Crippen molar-refractivity contribution in [2.45, 2.75) is 38.3 Å². The van der Waals surface area contributed by atoms with Crippen molar-refractivity contribution >= 4 is 10.0 Å². The summed E-state index contributed by atoms with van der Waals surface area (Å²) in [5, 5.41) is 3.61. The highest BCUT2D eigenvalue weighted by Crippen LogP contribution is 2.16. The lowest BCUT2D eigenvalue weighted by Crippen LogP contribution is -2.47. The van der Waals surface area contributed by atoms with Crippen molar-refractivity contribution in [2.75, 3.05) is 26.5 Å². The molecule has 22 heavy (non-hydrogen) atoms. The molecule has 0 aromatic heterocycles. The number of piperidine rings is 1. The number of hydrogen-bond acceptors (Lipinski definition) is 4. The molecule has 0 bridgehead atoms. The van der Waals surface area contributed by atoms with Crippen molar-refractivity contribution in [3.63, 3.8) is 0 Å². The van der Waals surface area contributed by atoms with E-state index in [4.69, 9.17) is 4.74 Å². The monoisotopic (exact) mass is 326 g/mol. The largest absolute Gasteiger partial charge is 0.497 e. The van der Waals surface area contributed by atoms with Crippen molar-refractivity contribution < 1.29 is 13.2 Å². The van der Waals surface area contributed by atoms with E-state index in [1.165, 1.54) is 11.8 Å².